The minimum absolute atomic E-state index is 0. The van der Waals surface area contributed by atoms with Crippen molar-refractivity contribution >= 4 is 5.95 Å². The second-order valence-corrected chi connectivity index (χ2v) is 3.33. The van der Waals surface area contributed by atoms with Gasteiger partial charge in [0, 0.05) is 0 Å². The maximum absolute atomic E-state index is 12.7. The molecule has 1 heterocycles. The van der Waals surface area contributed by atoms with E-state index in [1.54, 1.807) is 12.1 Å². The van der Waals surface area contributed by atoms with Gasteiger partial charge in [-0.1, -0.05) is 17.1 Å². The summed E-state index contributed by atoms with van der Waals surface area (Å²) in [5.74, 6) is 0.194. The minimum Gasteiger partial charge on any atom is -1.00 e. The Morgan fingerprint density at radius 1 is 1.35 bits per heavy atom. The smallest absolute Gasteiger partial charge is 0.413 e. The zero-order chi connectivity index (χ0) is 11.5. The van der Waals surface area contributed by atoms with E-state index in [1.807, 2.05) is 0 Å². The van der Waals surface area contributed by atoms with E-state index in [2.05, 4.69) is 15.0 Å². The molecule has 0 atom stereocenters. The standard InChI is InChI=1S/C10H9FN4O.ClH/c11-7-3-1-6(2-4-7)5-8-13-9(12)15-10(16)14-8;/h1-4H,5H2,(H3,12,13,14,15,16);1H. The van der Waals surface area contributed by atoms with E-state index in [-0.39, 0.29) is 24.2 Å². The number of halogens is 2. The first-order valence-electron chi connectivity index (χ1n) is 4.66. The van der Waals surface area contributed by atoms with Crippen LogP contribution in [0.5, 0.6) is 0 Å². The predicted octanol–water partition coefficient (Wildman–Crippen LogP) is -3.10. The molecule has 0 aliphatic heterocycles. The SMILES string of the molecule is Nc1nc(Cc2ccc(F)cc2)[nH]c(=O)[nH+]1.[Cl-]. The number of H-pyrrole nitrogens is 2. The summed E-state index contributed by atoms with van der Waals surface area (Å²) >= 11 is 0. The van der Waals surface area contributed by atoms with E-state index in [4.69, 9.17) is 5.73 Å². The van der Waals surface area contributed by atoms with E-state index in [1.165, 1.54) is 12.1 Å². The molecule has 2 aromatic rings. The number of nitrogens with zero attached hydrogens (tertiary/aromatic N) is 1. The van der Waals surface area contributed by atoms with Crippen molar-refractivity contribution in [1.82, 2.24) is 9.97 Å². The van der Waals surface area contributed by atoms with E-state index in [9.17, 15) is 9.18 Å². The Balaban J connectivity index is 0.00000144. The first kappa shape index (κ1) is 13.1. The number of hydrogen-bond donors (Lipinski definition) is 2. The van der Waals surface area contributed by atoms with Crippen molar-refractivity contribution in [2.24, 2.45) is 0 Å². The molecule has 2 rings (SSSR count). The zero-order valence-corrected chi connectivity index (χ0v) is 9.46. The molecule has 0 saturated carbocycles. The van der Waals surface area contributed by atoms with Crippen LogP contribution < -0.4 is 28.8 Å². The van der Waals surface area contributed by atoms with Gasteiger partial charge >= 0.3 is 11.6 Å². The van der Waals surface area contributed by atoms with Crippen molar-refractivity contribution in [2.75, 3.05) is 5.73 Å². The van der Waals surface area contributed by atoms with Gasteiger partial charge < -0.3 is 18.1 Å². The van der Waals surface area contributed by atoms with Crippen LogP contribution in [-0.4, -0.2) is 9.97 Å². The van der Waals surface area contributed by atoms with Crippen LogP contribution in [-0.2, 0) is 6.42 Å². The average molecular weight is 257 g/mol. The lowest BCUT2D eigenvalue weighted by Crippen LogP contribution is -3.00. The number of hydrogen-bond acceptors (Lipinski definition) is 3. The molecule has 0 spiro atoms. The maximum Gasteiger partial charge on any atom is 0.413 e. The summed E-state index contributed by atoms with van der Waals surface area (Å²) in [6.45, 7) is 0. The number of rotatable bonds is 2. The number of aromatic amines is 2. The van der Waals surface area contributed by atoms with Gasteiger partial charge in [-0.3, -0.25) is 0 Å². The van der Waals surface area contributed by atoms with Gasteiger partial charge in [-0.05, 0) is 17.7 Å². The largest absolute Gasteiger partial charge is 1.00 e. The Kier molecular flexibility index (Phi) is 4.17. The summed E-state index contributed by atoms with van der Waals surface area (Å²) in [6.07, 6.45) is 0.397. The lowest BCUT2D eigenvalue weighted by molar-refractivity contribution is -0.389. The number of benzene rings is 1. The molecule has 4 N–H and O–H groups in total. The third-order valence-corrected chi connectivity index (χ3v) is 2.04. The third kappa shape index (κ3) is 3.53. The Hall–Kier alpha value is -1.95. The zero-order valence-electron chi connectivity index (χ0n) is 8.71. The number of nitrogens with two attached hydrogens (primary N) is 1. The average Bonchev–Trinajstić information content (AvgIpc) is 2.20. The van der Waals surface area contributed by atoms with Gasteiger partial charge in [0.2, 0.25) is 5.82 Å². The van der Waals surface area contributed by atoms with Crippen LogP contribution >= 0.6 is 0 Å². The molecule has 90 valence electrons. The number of nitrogen functional groups attached to an aromatic ring is 1. The van der Waals surface area contributed by atoms with Gasteiger partial charge in [-0.2, -0.15) is 0 Å². The molecule has 0 amide bonds. The number of anilines is 1. The van der Waals surface area contributed by atoms with Crippen molar-refractivity contribution in [3.05, 3.63) is 52.0 Å². The summed E-state index contributed by atoms with van der Waals surface area (Å²) in [5.41, 5.74) is 5.82. The molecule has 0 aliphatic carbocycles. The lowest BCUT2D eigenvalue weighted by Gasteiger charge is -1.97. The van der Waals surface area contributed by atoms with Crippen LogP contribution in [0, 0.1) is 5.82 Å². The predicted molar refractivity (Wildman–Crippen MR) is 55.0 cm³/mol. The van der Waals surface area contributed by atoms with Crippen LogP contribution in [0.3, 0.4) is 0 Å². The van der Waals surface area contributed by atoms with Crippen LogP contribution in [0.2, 0.25) is 0 Å². The lowest BCUT2D eigenvalue weighted by atomic mass is 10.1. The Morgan fingerprint density at radius 3 is 2.59 bits per heavy atom. The normalized spacial score (nSPS) is 9.71. The molecule has 0 saturated heterocycles. The van der Waals surface area contributed by atoms with Gasteiger partial charge in [0.15, 0.2) is 0 Å². The first-order valence-corrected chi connectivity index (χ1v) is 4.66. The Bertz CT molecular complexity index is 555. The van der Waals surface area contributed by atoms with E-state index < -0.39 is 5.69 Å². The summed E-state index contributed by atoms with van der Waals surface area (Å²) < 4.78 is 12.7. The molecule has 5 nitrogen and oxygen atoms in total. The molecule has 0 radical (unpaired) electrons. The number of nitrogens with one attached hydrogen (secondary N) is 2. The van der Waals surface area contributed by atoms with E-state index >= 15 is 0 Å². The second kappa shape index (κ2) is 5.40. The molecule has 0 bridgehead atoms. The van der Waals surface area contributed by atoms with Crippen molar-refractivity contribution < 1.29 is 21.8 Å². The molecule has 1 aromatic carbocycles. The van der Waals surface area contributed by atoms with Gasteiger partial charge in [-0.25, -0.2) is 19.2 Å². The van der Waals surface area contributed by atoms with Crippen molar-refractivity contribution in [3.63, 3.8) is 0 Å². The maximum atomic E-state index is 12.7. The fraction of sp³-hybridized carbons (Fsp3) is 0.100. The van der Waals surface area contributed by atoms with Crippen LogP contribution in [0.4, 0.5) is 10.3 Å². The van der Waals surface area contributed by atoms with Crippen molar-refractivity contribution in [3.8, 4) is 0 Å². The highest BCUT2D eigenvalue weighted by Crippen LogP contribution is 2.06. The highest BCUT2D eigenvalue weighted by Gasteiger charge is 2.07. The highest BCUT2D eigenvalue weighted by atomic mass is 35.5. The molecule has 0 fully saturated rings. The van der Waals surface area contributed by atoms with E-state index in [0.717, 1.165) is 5.56 Å². The Labute approximate surface area is 102 Å². The summed E-state index contributed by atoms with van der Waals surface area (Å²) in [4.78, 5) is 19.8. The Morgan fingerprint density at radius 2 is 2.00 bits per heavy atom. The van der Waals surface area contributed by atoms with Gasteiger partial charge in [-0.15, -0.1) is 0 Å². The fourth-order valence-corrected chi connectivity index (χ4v) is 1.36. The fourth-order valence-electron chi connectivity index (χ4n) is 1.36. The molecule has 7 heteroatoms. The first-order chi connectivity index (χ1) is 7.63. The van der Waals surface area contributed by atoms with Crippen LogP contribution in [0.15, 0.2) is 29.1 Å². The molecule has 0 unspecified atom stereocenters. The summed E-state index contributed by atoms with van der Waals surface area (Å²) in [5, 5.41) is 0. The number of aromatic nitrogens is 3. The monoisotopic (exact) mass is 256 g/mol. The molecule has 17 heavy (non-hydrogen) atoms. The van der Waals surface area contributed by atoms with Gasteiger partial charge in [0.1, 0.15) is 5.82 Å². The summed E-state index contributed by atoms with van der Waals surface area (Å²) in [6, 6.07) is 5.96. The topological polar surface area (TPSA) is 85.9 Å². The molecule has 0 aliphatic rings. The molecular weight excluding hydrogens is 247 g/mol. The van der Waals surface area contributed by atoms with Crippen molar-refractivity contribution in [1.29, 1.82) is 0 Å². The third-order valence-electron chi connectivity index (χ3n) is 2.04. The quantitative estimate of drug-likeness (QED) is 0.597. The van der Waals surface area contributed by atoms with Crippen LogP contribution in [0.25, 0.3) is 0 Å². The second-order valence-electron chi connectivity index (χ2n) is 3.33. The molecule has 1 aromatic heterocycles. The summed E-state index contributed by atoms with van der Waals surface area (Å²) in [7, 11) is 0. The highest BCUT2D eigenvalue weighted by molar-refractivity contribution is 5.20. The van der Waals surface area contributed by atoms with Crippen molar-refractivity contribution in [2.45, 2.75) is 6.42 Å². The minimum atomic E-state index is -0.412. The van der Waals surface area contributed by atoms with E-state index in [0.29, 0.717) is 12.2 Å². The van der Waals surface area contributed by atoms with Gasteiger partial charge in [0.05, 0.1) is 6.42 Å². The molecular formula is C10H10ClFN4O. The van der Waals surface area contributed by atoms with Gasteiger partial charge in [0.25, 0.3) is 0 Å². The van der Waals surface area contributed by atoms with Crippen LogP contribution in [0.1, 0.15) is 11.4 Å².